The molecule has 1 unspecified atom stereocenters. The van der Waals surface area contributed by atoms with Gasteiger partial charge in [-0.1, -0.05) is 20.8 Å². The van der Waals surface area contributed by atoms with Crippen LogP contribution in [0.3, 0.4) is 0 Å². The number of halogens is 2. The molecule has 1 atom stereocenters. The predicted molar refractivity (Wildman–Crippen MR) is 50.2 cm³/mol. The van der Waals surface area contributed by atoms with Crippen molar-refractivity contribution in [1.29, 1.82) is 0 Å². The summed E-state index contributed by atoms with van der Waals surface area (Å²) in [6.07, 6.45) is 0.427. The van der Waals surface area contributed by atoms with E-state index in [1.807, 2.05) is 6.92 Å². The average Bonchev–Trinajstić information content (AvgIpc) is 2.39. The Hall–Kier alpha value is -0.670. The maximum atomic E-state index is 13.1. The molecule has 14 heavy (non-hydrogen) atoms. The van der Waals surface area contributed by atoms with Gasteiger partial charge in [-0.2, -0.15) is 0 Å². The second-order valence-corrected chi connectivity index (χ2v) is 4.24. The molecule has 4 heteroatoms. The zero-order chi connectivity index (χ0) is 10.9. The van der Waals surface area contributed by atoms with Crippen LogP contribution in [0.25, 0.3) is 0 Å². The first-order chi connectivity index (χ1) is 6.37. The van der Waals surface area contributed by atoms with Gasteiger partial charge in [0.05, 0.1) is 6.54 Å². The van der Waals surface area contributed by atoms with Crippen molar-refractivity contribution in [3.8, 4) is 0 Å². The van der Waals surface area contributed by atoms with Crippen LogP contribution in [0, 0.1) is 5.92 Å². The largest absolute Gasteiger partial charge is 0.333 e. The number of alkyl halides is 2. The van der Waals surface area contributed by atoms with Crippen molar-refractivity contribution in [2.24, 2.45) is 5.92 Å². The van der Waals surface area contributed by atoms with E-state index in [4.69, 9.17) is 0 Å². The van der Waals surface area contributed by atoms with Crippen LogP contribution >= 0.6 is 0 Å². The van der Waals surface area contributed by atoms with Gasteiger partial charge in [0.1, 0.15) is 0 Å². The number of likely N-dealkylation sites (tertiary alicyclic amines) is 1. The maximum Gasteiger partial charge on any atom is 0.267 e. The highest BCUT2D eigenvalue weighted by molar-refractivity contribution is 5.78. The Bertz CT molecular complexity index is 228. The fourth-order valence-corrected chi connectivity index (χ4v) is 1.85. The molecule has 0 spiro atoms. The molecule has 1 heterocycles. The Morgan fingerprint density at radius 3 is 2.57 bits per heavy atom. The second kappa shape index (κ2) is 3.83. The third-order valence-corrected chi connectivity index (χ3v) is 2.62. The van der Waals surface area contributed by atoms with E-state index in [9.17, 15) is 13.6 Å². The highest BCUT2D eigenvalue weighted by atomic mass is 19.3. The van der Waals surface area contributed by atoms with E-state index in [0.29, 0.717) is 6.42 Å². The summed E-state index contributed by atoms with van der Waals surface area (Å²) >= 11 is 0. The lowest BCUT2D eigenvalue weighted by atomic mass is 10.1. The first kappa shape index (κ1) is 11.4. The monoisotopic (exact) mass is 205 g/mol. The number of amides is 1. The van der Waals surface area contributed by atoms with Crippen LogP contribution in [-0.2, 0) is 4.79 Å². The van der Waals surface area contributed by atoms with Crippen LogP contribution in [0.4, 0.5) is 8.78 Å². The van der Waals surface area contributed by atoms with Gasteiger partial charge in [-0.25, -0.2) is 8.78 Å². The summed E-state index contributed by atoms with van der Waals surface area (Å²) in [5, 5.41) is 0. The summed E-state index contributed by atoms with van der Waals surface area (Å²) in [7, 11) is 0. The quantitative estimate of drug-likeness (QED) is 0.677. The molecule has 1 aliphatic heterocycles. The third kappa shape index (κ3) is 2.22. The maximum absolute atomic E-state index is 13.1. The van der Waals surface area contributed by atoms with Gasteiger partial charge in [0, 0.05) is 18.4 Å². The number of hydrogen-bond donors (Lipinski definition) is 0. The predicted octanol–water partition coefficient (Wildman–Crippen LogP) is 2.29. The molecule has 0 saturated carbocycles. The molecule has 0 aromatic carbocycles. The average molecular weight is 205 g/mol. The first-order valence-corrected chi connectivity index (χ1v) is 5.05. The lowest BCUT2D eigenvalue weighted by Crippen LogP contribution is -2.38. The van der Waals surface area contributed by atoms with Crippen molar-refractivity contribution in [3.63, 3.8) is 0 Å². The fourth-order valence-electron chi connectivity index (χ4n) is 1.85. The minimum absolute atomic E-state index is 0.158. The number of carbonyl (C=O) groups excluding carboxylic acids is 1. The van der Waals surface area contributed by atoms with E-state index in [1.165, 1.54) is 4.90 Å². The molecule has 0 N–H and O–H groups in total. The first-order valence-electron chi connectivity index (χ1n) is 5.05. The molecule has 1 rings (SSSR count). The van der Waals surface area contributed by atoms with Crippen LogP contribution in [0.15, 0.2) is 0 Å². The van der Waals surface area contributed by atoms with Crippen molar-refractivity contribution < 1.29 is 13.6 Å². The van der Waals surface area contributed by atoms with Crippen molar-refractivity contribution in [2.45, 2.75) is 45.6 Å². The Kier molecular flexibility index (Phi) is 3.12. The van der Waals surface area contributed by atoms with Gasteiger partial charge in [-0.15, -0.1) is 0 Å². The molecule has 1 saturated heterocycles. The van der Waals surface area contributed by atoms with Crippen molar-refractivity contribution in [1.82, 2.24) is 4.90 Å². The molecule has 0 aromatic rings. The highest BCUT2D eigenvalue weighted by Gasteiger charge is 2.46. The van der Waals surface area contributed by atoms with Crippen molar-refractivity contribution >= 4 is 5.91 Å². The summed E-state index contributed by atoms with van der Waals surface area (Å²) in [5.74, 6) is -3.04. The van der Waals surface area contributed by atoms with Gasteiger partial charge >= 0.3 is 0 Å². The van der Waals surface area contributed by atoms with Crippen molar-refractivity contribution in [3.05, 3.63) is 0 Å². The van der Waals surface area contributed by atoms with Crippen LogP contribution in [-0.4, -0.2) is 29.3 Å². The summed E-state index contributed by atoms with van der Waals surface area (Å²) in [6.45, 7) is 4.92. The lowest BCUT2D eigenvalue weighted by Gasteiger charge is -2.24. The Morgan fingerprint density at radius 1 is 1.57 bits per heavy atom. The van der Waals surface area contributed by atoms with Crippen LogP contribution in [0.1, 0.15) is 33.6 Å². The second-order valence-electron chi connectivity index (χ2n) is 4.24. The normalized spacial score (nSPS) is 25.9. The van der Waals surface area contributed by atoms with Gasteiger partial charge in [0.25, 0.3) is 5.92 Å². The molecule has 1 amide bonds. The van der Waals surface area contributed by atoms with E-state index in [2.05, 4.69) is 0 Å². The smallest absolute Gasteiger partial charge is 0.267 e. The molecule has 0 aromatic heterocycles. The topological polar surface area (TPSA) is 20.3 Å². The minimum atomic E-state index is -2.69. The molecule has 2 nitrogen and oxygen atoms in total. The highest BCUT2D eigenvalue weighted by Crippen LogP contribution is 2.34. The van der Waals surface area contributed by atoms with E-state index in [1.54, 1.807) is 13.8 Å². The van der Waals surface area contributed by atoms with Crippen molar-refractivity contribution in [2.75, 3.05) is 6.54 Å². The van der Waals surface area contributed by atoms with Gasteiger partial charge < -0.3 is 4.90 Å². The van der Waals surface area contributed by atoms with Crippen LogP contribution < -0.4 is 0 Å². The number of nitrogens with zero attached hydrogens (tertiary/aromatic N) is 1. The SMILES string of the molecule is CCC1CC(F)(F)CN1C(=O)C(C)C. The van der Waals surface area contributed by atoms with Crippen LogP contribution in [0.5, 0.6) is 0 Å². The number of rotatable bonds is 2. The summed E-state index contributed by atoms with van der Waals surface area (Å²) < 4.78 is 26.1. The number of carbonyl (C=O) groups is 1. The van der Waals surface area contributed by atoms with E-state index < -0.39 is 12.5 Å². The number of hydrogen-bond acceptors (Lipinski definition) is 1. The molecular formula is C10H17F2NO. The lowest BCUT2D eigenvalue weighted by molar-refractivity contribution is -0.136. The van der Waals surface area contributed by atoms with Crippen LogP contribution in [0.2, 0.25) is 0 Å². The fraction of sp³-hybridized carbons (Fsp3) is 0.900. The molecular weight excluding hydrogens is 188 g/mol. The van der Waals surface area contributed by atoms with Gasteiger partial charge in [0.2, 0.25) is 5.91 Å². The van der Waals surface area contributed by atoms with E-state index >= 15 is 0 Å². The summed E-state index contributed by atoms with van der Waals surface area (Å²) in [6, 6.07) is -0.278. The van der Waals surface area contributed by atoms with Gasteiger partial charge in [0.15, 0.2) is 0 Å². The summed E-state index contributed by atoms with van der Waals surface area (Å²) in [5.41, 5.74) is 0. The molecule has 82 valence electrons. The minimum Gasteiger partial charge on any atom is -0.333 e. The Balaban J connectivity index is 2.73. The van der Waals surface area contributed by atoms with Gasteiger partial charge in [-0.3, -0.25) is 4.79 Å². The molecule has 0 bridgehead atoms. The third-order valence-electron chi connectivity index (χ3n) is 2.62. The molecule has 0 radical (unpaired) electrons. The zero-order valence-corrected chi connectivity index (χ0v) is 8.89. The van der Waals surface area contributed by atoms with E-state index in [-0.39, 0.29) is 24.3 Å². The molecule has 1 aliphatic rings. The molecule has 0 aliphatic carbocycles. The van der Waals surface area contributed by atoms with E-state index in [0.717, 1.165) is 0 Å². The summed E-state index contributed by atoms with van der Waals surface area (Å²) in [4.78, 5) is 12.9. The standard InChI is InChI=1S/C10H17F2NO/c1-4-8-5-10(11,12)6-13(8)9(14)7(2)3/h7-8H,4-6H2,1-3H3. The Labute approximate surface area is 83.3 Å². The molecule has 1 fully saturated rings. The van der Waals surface area contributed by atoms with Gasteiger partial charge in [-0.05, 0) is 6.42 Å². The Morgan fingerprint density at radius 2 is 2.14 bits per heavy atom. The zero-order valence-electron chi connectivity index (χ0n) is 8.89.